The van der Waals surface area contributed by atoms with Crippen LogP contribution in [0.2, 0.25) is 0 Å². The number of aromatic hydroxyl groups is 2. The third-order valence-corrected chi connectivity index (χ3v) is 3.23. The Morgan fingerprint density at radius 3 is 2.63 bits per heavy atom. The van der Waals surface area contributed by atoms with Gasteiger partial charge < -0.3 is 21.1 Å². The summed E-state index contributed by atoms with van der Waals surface area (Å²) < 4.78 is 0. The van der Waals surface area contributed by atoms with E-state index < -0.39 is 11.5 Å². The van der Waals surface area contributed by atoms with Crippen LogP contribution in [0.15, 0.2) is 18.2 Å². The maximum absolute atomic E-state index is 10.9. The number of aryl methyl sites for hydroxylation is 1. The predicted molar refractivity (Wildman–Crippen MR) is 72.1 cm³/mol. The van der Waals surface area contributed by atoms with Gasteiger partial charge in [0.2, 0.25) is 0 Å². The number of carboxylic acids is 1. The van der Waals surface area contributed by atoms with Gasteiger partial charge in [0.15, 0.2) is 0 Å². The first-order valence-corrected chi connectivity index (χ1v) is 6.25. The molecule has 1 aromatic carbocycles. The van der Waals surface area contributed by atoms with Gasteiger partial charge in [-0.3, -0.25) is 4.79 Å². The van der Waals surface area contributed by atoms with E-state index in [1.807, 2.05) is 6.92 Å². The fraction of sp³-hybridized carbons (Fsp3) is 0.500. The van der Waals surface area contributed by atoms with Gasteiger partial charge in [-0.1, -0.05) is 6.92 Å². The highest BCUT2D eigenvalue weighted by atomic mass is 16.4. The smallest absolute Gasteiger partial charge is 0.323 e. The third kappa shape index (κ3) is 4.44. The van der Waals surface area contributed by atoms with Crippen molar-refractivity contribution in [3.05, 3.63) is 23.8 Å². The van der Waals surface area contributed by atoms with Crippen LogP contribution in [0.5, 0.6) is 11.5 Å². The average Bonchev–Trinajstić information content (AvgIpc) is 2.29. The van der Waals surface area contributed by atoms with Crippen molar-refractivity contribution in [2.24, 2.45) is 11.7 Å². The highest BCUT2D eigenvalue weighted by molar-refractivity contribution is 5.77. The number of rotatable bonds is 6. The number of phenols is 2. The Balaban J connectivity index is 2.57. The van der Waals surface area contributed by atoms with Crippen LogP contribution in [-0.2, 0) is 11.2 Å². The lowest BCUT2D eigenvalue weighted by Crippen LogP contribution is -2.46. The van der Waals surface area contributed by atoms with Gasteiger partial charge in [-0.25, -0.2) is 0 Å². The molecule has 106 valence electrons. The Kier molecular flexibility index (Phi) is 4.78. The average molecular weight is 267 g/mol. The molecule has 0 bridgehead atoms. The number of carboxylic acid groups (broad SMARTS) is 1. The van der Waals surface area contributed by atoms with Crippen LogP contribution in [-0.4, -0.2) is 26.8 Å². The van der Waals surface area contributed by atoms with Crippen molar-refractivity contribution >= 4 is 5.97 Å². The van der Waals surface area contributed by atoms with Gasteiger partial charge in [0.25, 0.3) is 0 Å². The van der Waals surface area contributed by atoms with E-state index in [0.29, 0.717) is 24.8 Å². The minimum Gasteiger partial charge on any atom is -0.508 e. The standard InChI is InChI=1S/C14H21NO4/c1-9(8-14(2,15)13(18)19)3-4-10-7-11(16)5-6-12(10)17/h5-7,9,16-17H,3-4,8,15H2,1-2H3,(H,18,19). The molecule has 0 radical (unpaired) electrons. The van der Waals surface area contributed by atoms with Gasteiger partial charge in [-0.15, -0.1) is 0 Å². The molecule has 0 saturated heterocycles. The number of phenolic OH excluding ortho intramolecular Hbond substituents is 2. The van der Waals surface area contributed by atoms with Gasteiger partial charge in [0.05, 0.1) is 0 Å². The summed E-state index contributed by atoms with van der Waals surface area (Å²) in [6.07, 6.45) is 1.62. The zero-order chi connectivity index (χ0) is 14.6. The SMILES string of the molecule is CC(CCc1cc(O)ccc1O)CC(C)(N)C(=O)O. The Morgan fingerprint density at radius 2 is 2.05 bits per heavy atom. The van der Waals surface area contributed by atoms with Crippen molar-refractivity contribution in [3.63, 3.8) is 0 Å². The molecule has 0 aromatic heterocycles. The Bertz CT molecular complexity index is 457. The number of benzene rings is 1. The molecule has 0 saturated carbocycles. The second-order valence-corrected chi connectivity index (χ2v) is 5.38. The zero-order valence-electron chi connectivity index (χ0n) is 11.3. The normalized spacial score (nSPS) is 15.7. The van der Waals surface area contributed by atoms with Crippen molar-refractivity contribution in [3.8, 4) is 11.5 Å². The van der Waals surface area contributed by atoms with Crippen LogP contribution in [0.1, 0.15) is 32.3 Å². The summed E-state index contributed by atoms with van der Waals surface area (Å²) >= 11 is 0. The quantitative estimate of drug-likeness (QED) is 0.589. The lowest BCUT2D eigenvalue weighted by Gasteiger charge is -2.23. The van der Waals surface area contributed by atoms with Crippen molar-refractivity contribution in [1.29, 1.82) is 0 Å². The van der Waals surface area contributed by atoms with Gasteiger partial charge in [-0.05, 0) is 55.9 Å². The van der Waals surface area contributed by atoms with E-state index in [-0.39, 0.29) is 17.4 Å². The summed E-state index contributed by atoms with van der Waals surface area (Å²) in [6.45, 7) is 3.42. The summed E-state index contributed by atoms with van der Waals surface area (Å²) in [5.41, 5.74) is 5.11. The molecule has 0 aliphatic carbocycles. The van der Waals surface area contributed by atoms with Crippen LogP contribution in [0.4, 0.5) is 0 Å². The molecule has 0 fully saturated rings. The minimum absolute atomic E-state index is 0.104. The molecule has 5 N–H and O–H groups in total. The molecule has 5 nitrogen and oxygen atoms in total. The number of carbonyl (C=O) groups is 1. The molecule has 0 spiro atoms. The zero-order valence-corrected chi connectivity index (χ0v) is 11.3. The fourth-order valence-electron chi connectivity index (χ4n) is 2.09. The summed E-state index contributed by atoms with van der Waals surface area (Å²) in [5.74, 6) is -0.666. The first-order chi connectivity index (χ1) is 8.72. The number of hydrogen-bond donors (Lipinski definition) is 4. The fourth-order valence-corrected chi connectivity index (χ4v) is 2.09. The molecule has 19 heavy (non-hydrogen) atoms. The van der Waals surface area contributed by atoms with Crippen molar-refractivity contribution in [2.45, 2.75) is 38.6 Å². The summed E-state index contributed by atoms with van der Waals surface area (Å²) in [5, 5.41) is 27.9. The van der Waals surface area contributed by atoms with E-state index in [1.54, 1.807) is 0 Å². The minimum atomic E-state index is -1.24. The molecule has 0 heterocycles. The molecule has 2 unspecified atom stereocenters. The first kappa shape index (κ1) is 15.3. The largest absolute Gasteiger partial charge is 0.508 e. The summed E-state index contributed by atoms with van der Waals surface area (Å²) in [7, 11) is 0. The Hall–Kier alpha value is -1.75. The summed E-state index contributed by atoms with van der Waals surface area (Å²) in [4.78, 5) is 10.9. The number of hydrogen-bond acceptors (Lipinski definition) is 4. The number of aliphatic carboxylic acids is 1. The van der Waals surface area contributed by atoms with Gasteiger partial charge in [-0.2, -0.15) is 0 Å². The molecule has 5 heteroatoms. The van der Waals surface area contributed by atoms with Crippen molar-refractivity contribution in [2.75, 3.05) is 0 Å². The van der Waals surface area contributed by atoms with Gasteiger partial charge in [0.1, 0.15) is 17.0 Å². The number of nitrogens with two attached hydrogens (primary N) is 1. The van der Waals surface area contributed by atoms with Crippen LogP contribution in [0.3, 0.4) is 0 Å². The highest BCUT2D eigenvalue weighted by Crippen LogP contribution is 2.26. The molecular formula is C14H21NO4. The third-order valence-electron chi connectivity index (χ3n) is 3.23. The van der Waals surface area contributed by atoms with E-state index in [4.69, 9.17) is 10.8 Å². The van der Waals surface area contributed by atoms with Crippen LogP contribution < -0.4 is 5.73 Å². The van der Waals surface area contributed by atoms with Crippen molar-refractivity contribution < 1.29 is 20.1 Å². The molecule has 0 aliphatic rings. The van der Waals surface area contributed by atoms with Crippen molar-refractivity contribution in [1.82, 2.24) is 0 Å². The molecule has 0 amide bonds. The second kappa shape index (κ2) is 5.93. The predicted octanol–water partition coefficient (Wildman–Crippen LogP) is 1.86. The van der Waals surface area contributed by atoms with E-state index in [9.17, 15) is 15.0 Å². The Morgan fingerprint density at radius 1 is 1.42 bits per heavy atom. The van der Waals surface area contributed by atoms with E-state index >= 15 is 0 Å². The Labute approximate surface area is 112 Å². The first-order valence-electron chi connectivity index (χ1n) is 6.25. The second-order valence-electron chi connectivity index (χ2n) is 5.38. The van der Waals surface area contributed by atoms with Gasteiger partial charge >= 0.3 is 5.97 Å². The lowest BCUT2D eigenvalue weighted by molar-refractivity contribution is -0.143. The molecule has 2 atom stereocenters. The lowest BCUT2D eigenvalue weighted by atomic mass is 9.87. The molecule has 0 aliphatic heterocycles. The highest BCUT2D eigenvalue weighted by Gasteiger charge is 2.29. The molecule has 1 rings (SSSR count). The maximum atomic E-state index is 10.9. The monoisotopic (exact) mass is 267 g/mol. The van der Waals surface area contributed by atoms with Crippen LogP contribution >= 0.6 is 0 Å². The maximum Gasteiger partial charge on any atom is 0.323 e. The van der Waals surface area contributed by atoms with Gasteiger partial charge in [0, 0.05) is 0 Å². The molecule has 1 aromatic rings. The summed E-state index contributed by atoms with van der Waals surface area (Å²) in [6, 6.07) is 4.38. The molecular weight excluding hydrogens is 246 g/mol. The van der Waals surface area contributed by atoms with E-state index in [0.717, 1.165) is 0 Å². The topological polar surface area (TPSA) is 104 Å². The van der Waals surface area contributed by atoms with Crippen LogP contribution in [0, 0.1) is 5.92 Å². The van der Waals surface area contributed by atoms with Crippen LogP contribution in [0.25, 0.3) is 0 Å². The van der Waals surface area contributed by atoms with E-state index in [2.05, 4.69) is 0 Å². The van der Waals surface area contributed by atoms with E-state index in [1.165, 1.54) is 25.1 Å².